The molecule has 0 bridgehead atoms. The van der Waals surface area contributed by atoms with Gasteiger partial charge in [-0.25, -0.2) is 0 Å². The monoisotopic (exact) mass is 592 g/mol. The number of cyclic esters (lactones) is 1. The maximum absolute atomic E-state index is 13.5. The number of aliphatic hydroxyl groups excluding tert-OH is 1. The van der Waals surface area contributed by atoms with E-state index < -0.39 is 11.5 Å². The highest BCUT2D eigenvalue weighted by Crippen LogP contribution is 2.29. The van der Waals surface area contributed by atoms with Crippen LogP contribution in [0.4, 0.5) is 0 Å². The van der Waals surface area contributed by atoms with Crippen LogP contribution in [0.1, 0.15) is 62.5 Å². The van der Waals surface area contributed by atoms with E-state index in [4.69, 9.17) is 4.74 Å². The lowest BCUT2D eigenvalue weighted by Crippen LogP contribution is -2.50. The topological polar surface area (TPSA) is 105 Å². The molecule has 3 N–H and O–H groups in total. The van der Waals surface area contributed by atoms with Crippen molar-refractivity contribution in [2.45, 2.75) is 75.1 Å². The molecule has 226 valence electrons. The quantitative estimate of drug-likeness (QED) is 0.266. The minimum Gasteiger partial charge on any atom is -0.463 e. The predicted octanol–water partition coefficient (Wildman–Crippen LogP) is 4.97. The Morgan fingerprint density at radius 2 is 1.67 bits per heavy atom. The van der Waals surface area contributed by atoms with Gasteiger partial charge in [0.2, 0.25) is 11.8 Å². The summed E-state index contributed by atoms with van der Waals surface area (Å²) in [7, 11) is 0. The Kier molecular flexibility index (Phi) is 12.5. The Bertz CT molecular complexity index is 1170. The van der Waals surface area contributed by atoms with Gasteiger partial charge in [0.25, 0.3) is 0 Å². The van der Waals surface area contributed by atoms with Crippen molar-refractivity contribution in [3.05, 3.63) is 83.9 Å². The summed E-state index contributed by atoms with van der Waals surface area (Å²) < 4.78 is 5.84. The van der Waals surface area contributed by atoms with Crippen molar-refractivity contribution in [2.24, 2.45) is 11.8 Å². The Morgan fingerprint density at radius 1 is 0.976 bits per heavy atom. The lowest BCUT2D eigenvalue weighted by Gasteiger charge is -2.29. The van der Waals surface area contributed by atoms with Gasteiger partial charge in [-0.05, 0) is 49.7 Å². The second kappa shape index (κ2) is 16.5. The van der Waals surface area contributed by atoms with Crippen molar-refractivity contribution in [1.82, 2.24) is 10.6 Å². The van der Waals surface area contributed by atoms with E-state index in [-0.39, 0.29) is 49.4 Å². The van der Waals surface area contributed by atoms with Crippen molar-refractivity contribution in [3.8, 4) is 0 Å². The first-order valence-corrected chi connectivity index (χ1v) is 16.3. The van der Waals surface area contributed by atoms with E-state index in [1.54, 1.807) is 11.8 Å². The molecule has 3 atom stereocenters. The molecule has 2 amide bonds. The van der Waals surface area contributed by atoms with Gasteiger partial charge in [-0.3, -0.25) is 14.4 Å². The van der Waals surface area contributed by atoms with Gasteiger partial charge in [0.05, 0.1) is 30.0 Å². The molecule has 2 aromatic rings. The van der Waals surface area contributed by atoms with Crippen LogP contribution >= 0.6 is 11.8 Å². The summed E-state index contributed by atoms with van der Waals surface area (Å²) in [6.07, 6.45) is 9.79. The highest BCUT2D eigenvalue weighted by atomic mass is 32.2. The summed E-state index contributed by atoms with van der Waals surface area (Å²) in [4.78, 5) is 39.9. The van der Waals surface area contributed by atoms with E-state index in [2.05, 4.69) is 22.8 Å². The Morgan fingerprint density at radius 3 is 2.36 bits per heavy atom. The van der Waals surface area contributed by atoms with Crippen LogP contribution in [0.2, 0.25) is 0 Å². The molecular formula is C34H44N2O5S. The zero-order valence-corrected chi connectivity index (χ0v) is 25.2. The lowest BCUT2D eigenvalue weighted by molar-refractivity contribution is -0.150. The van der Waals surface area contributed by atoms with E-state index in [0.717, 1.165) is 37.0 Å². The first kappa shape index (κ1) is 31.8. The van der Waals surface area contributed by atoms with Gasteiger partial charge in [-0.2, -0.15) is 11.8 Å². The molecule has 0 spiro atoms. The zero-order chi connectivity index (χ0) is 29.6. The summed E-state index contributed by atoms with van der Waals surface area (Å²) in [6, 6.07) is 19.7. The number of ether oxygens (including phenoxy) is 1. The summed E-state index contributed by atoms with van der Waals surface area (Å²) in [6.45, 7) is -0.0106. The fourth-order valence-corrected chi connectivity index (χ4v) is 6.76. The molecule has 4 rings (SSSR count). The van der Waals surface area contributed by atoms with Gasteiger partial charge in [-0.15, -0.1) is 0 Å². The van der Waals surface area contributed by atoms with Crippen LogP contribution < -0.4 is 10.6 Å². The summed E-state index contributed by atoms with van der Waals surface area (Å²) in [5.74, 6) is -0.185. The second-order valence-corrected chi connectivity index (χ2v) is 12.6. The number of hydrogen-bond acceptors (Lipinski definition) is 6. The Balaban J connectivity index is 1.45. The number of nitrogens with one attached hydrogen (secondary N) is 2. The molecule has 1 saturated carbocycles. The van der Waals surface area contributed by atoms with Crippen LogP contribution in [0.15, 0.2) is 72.8 Å². The highest BCUT2D eigenvalue weighted by Gasteiger charge is 2.35. The molecule has 2 aliphatic rings. The predicted molar refractivity (Wildman–Crippen MR) is 167 cm³/mol. The molecule has 42 heavy (non-hydrogen) atoms. The minimum atomic E-state index is -0.578. The standard InChI is InChI=1S/C34H44N2O5S/c37-25-34(18-10-11-19-34)36-31(38)21-28-16-8-3-9-17-29(20-26-12-4-1-5-13-26)33(40)41-22-30(35-32(28)39)24-42-23-27-14-6-2-7-15-27/h1-8,12-15,28-30,37H,9-11,16-25H2,(H,35,39)(H,36,38). The molecule has 1 heterocycles. The fraction of sp³-hybridized carbons (Fsp3) is 0.500. The molecule has 7 nitrogen and oxygen atoms in total. The summed E-state index contributed by atoms with van der Waals surface area (Å²) in [5.41, 5.74) is 1.69. The van der Waals surface area contributed by atoms with Crippen molar-refractivity contribution >= 4 is 29.5 Å². The van der Waals surface area contributed by atoms with Gasteiger partial charge in [0, 0.05) is 17.9 Å². The van der Waals surface area contributed by atoms with Crippen LogP contribution in [0, 0.1) is 11.8 Å². The molecule has 1 aliphatic carbocycles. The number of esters is 1. The van der Waals surface area contributed by atoms with Crippen molar-refractivity contribution < 1.29 is 24.2 Å². The minimum absolute atomic E-state index is 0.0399. The average Bonchev–Trinajstić information content (AvgIpc) is 3.47. The van der Waals surface area contributed by atoms with Gasteiger partial charge < -0.3 is 20.5 Å². The number of carbonyl (C=O) groups is 3. The van der Waals surface area contributed by atoms with Crippen LogP contribution in [-0.2, 0) is 31.3 Å². The smallest absolute Gasteiger partial charge is 0.309 e. The highest BCUT2D eigenvalue weighted by molar-refractivity contribution is 7.98. The van der Waals surface area contributed by atoms with Crippen LogP contribution in [0.3, 0.4) is 0 Å². The van der Waals surface area contributed by atoms with E-state index in [9.17, 15) is 19.5 Å². The van der Waals surface area contributed by atoms with Crippen LogP contribution in [0.25, 0.3) is 0 Å². The zero-order valence-electron chi connectivity index (χ0n) is 24.3. The van der Waals surface area contributed by atoms with Gasteiger partial charge in [-0.1, -0.05) is 85.7 Å². The number of rotatable bonds is 10. The van der Waals surface area contributed by atoms with E-state index in [1.807, 2.05) is 60.7 Å². The number of carbonyl (C=O) groups excluding carboxylic acids is 3. The molecule has 2 aromatic carbocycles. The maximum atomic E-state index is 13.5. The van der Waals surface area contributed by atoms with Crippen LogP contribution in [-0.4, -0.2) is 53.4 Å². The number of thioether (sulfide) groups is 1. The van der Waals surface area contributed by atoms with Gasteiger partial charge in [0.15, 0.2) is 0 Å². The normalized spacial score (nSPS) is 23.1. The molecule has 0 aromatic heterocycles. The van der Waals surface area contributed by atoms with E-state index in [1.165, 1.54) is 5.56 Å². The molecule has 1 aliphatic heterocycles. The Labute approximate surface area is 253 Å². The van der Waals surface area contributed by atoms with Crippen molar-refractivity contribution in [3.63, 3.8) is 0 Å². The summed E-state index contributed by atoms with van der Waals surface area (Å²) in [5, 5.41) is 16.1. The molecule has 0 saturated heterocycles. The van der Waals surface area contributed by atoms with E-state index in [0.29, 0.717) is 31.4 Å². The maximum Gasteiger partial charge on any atom is 0.309 e. The van der Waals surface area contributed by atoms with Crippen LogP contribution in [0.5, 0.6) is 0 Å². The number of hydrogen-bond donors (Lipinski definition) is 3. The molecule has 1 fully saturated rings. The molecular weight excluding hydrogens is 548 g/mol. The van der Waals surface area contributed by atoms with Crippen molar-refractivity contribution in [1.29, 1.82) is 0 Å². The van der Waals surface area contributed by atoms with Crippen molar-refractivity contribution in [2.75, 3.05) is 19.0 Å². The second-order valence-electron chi connectivity index (χ2n) is 11.6. The third-order valence-electron chi connectivity index (χ3n) is 8.20. The first-order valence-electron chi connectivity index (χ1n) is 15.2. The number of allylic oxidation sites excluding steroid dienone is 2. The molecule has 3 unspecified atom stereocenters. The number of aliphatic hydroxyl groups is 1. The fourth-order valence-electron chi connectivity index (χ4n) is 5.75. The lowest BCUT2D eigenvalue weighted by atomic mass is 9.94. The van der Waals surface area contributed by atoms with E-state index >= 15 is 0 Å². The van der Waals surface area contributed by atoms with Gasteiger partial charge in [0.1, 0.15) is 6.61 Å². The SMILES string of the molecule is O=C(CC1CC=CCCC(Cc2ccccc2)C(=O)OCC(CSCc2ccccc2)NC1=O)NC1(CO)CCCC1. The van der Waals surface area contributed by atoms with Gasteiger partial charge >= 0.3 is 5.97 Å². The third kappa shape index (κ3) is 10.0. The Hall–Kier alpha value is -3.10. The third-order valence-corrected chi connectivity index (χ3v) is 9.38. The number of amides is 2. The molecule has 8 heteroatoms. The summed E-state index contributed by atoms with van der Waals surface area (Å²) >= 11 is 1.67. The number of benzene rings is 2. The molecule has 0 radical (unpaired) electrons. The first-order chi connectivity index (χ1) is 20.5. The largest absolute Gasteiger partial charge is 0.463 e. The average molecular weight is 593 g/mol.